The Labute approximate surface area is 334 Å². The molecule has 4 heteroatoms. The van der Waals surface area contributed by atoms with E-state index < -0.39 is 0 Å². The van der Waals surface area contributed by atoms with Gasteiger partial charge >= 0.3 is 0 Å². The maximum absolute atomic E-state index is 4.06. The smallest absolute Gasteiger partial charge is 0.0640 e. The Balaban J connectivity index is 1.05. The fraction of sp³-hybridized carbons (Fsp3) is 0. The van der Waals surface area contributed by atoms with Crippen LogP contribution >= 0.6 is 22.7 Å². The molecule has 0 atom stereocenters. The highest BCUT2D eigenvalue weighted by atomic mass is 32.1. The van der Waals surface area contributed by atoms with E-state index in [0.29, 0.717) is 0 Å². The highest BCUT2D eigenvalue weighted by Crippen LogP contribution is 2.47. The molecular formula is C52H36N2S2. The molecule has 2 nitrogen and oxygen atoms in total. The third-order valence-corrected chi connectivity index (χ3v) is 13.0. The third kappa shape index (κ3) is 5.88. The van der Waals surface area contributed by atoms with Crippen molar-refractivity contribution in [1.82, 2.24) is 0 Å². The number of anilines is 6. The van der Waals surface area contributed by atoms with E-state index in [0.717, 1.165) is 56.4 Å². The molecule has 0 unspecified atom stereocenters. The maximum Gasteiger partial charge on any atom is 0.0640 e. The largest absolute Gasteiger partial charge is 0.309 e. The van der Waals surface area contributed by atoms with Crippen LogP contribution in [0.4, 0.5) is 34.1 Å². The standard InChI is InChI=1S/C52H36N2S2/c1-3-35-13-9-15-41(33-35)53(47-21-11-19-45-43-17-5-7-23-49(43)55-51(45)47)39-29-25-37(26-30-39)38-27-31-40(32-28-38)54(42-16-10-14-36(4-2)34-42)48-22-12-20-46-44-18-6-8-24-50(44)56-52(46)48/h3-34H,1-2H2. The van der Waals surface area contributed by atoms with Crippen LogP contribution in [-0.2, 0) is 0 Å². The number of hydrogen-bond donors (Lipinski definition) is 0. The van der Waals surface area contributed by atoms with Gasteiger partial charge in [-0.2, -0.15) is 0 Å². The van der Waals surface area contributed by atoms with Crippen molar-refractivity contribution in [1.29, 1.82) is 0 Å². The van der Waals surface area contributed by atoms with Crippen molar-refractivity contribution < 1.29 is 0 Å². The van der Waals surface area contributed by atoms with Crippen LogP contribution in [0.2, 0.25) is 0 Å². The first kappa shape index (κ1) is 33.8. The van der Waals surface area contributed by atoms with E-state index in [4.69, 9.17) is 0 Å². The summed E-state index contributed by atoms with van der Waals surface area (Å²) in [5, 5.41) is 5.14. The monoisotopic (exact) mass is 752 g/mol. The van der Waals surface area contributed by atoms with Gasteiger partial charge < -0.3 is 9.80 Å². The fourth-order valence-corrected chi connectivity index (χ4v) is 10.3. The molecule has 8 aromatic carbocycles. The lowest BCUT2D eigenvalue weighted by molar-refractivity contribution is 1.29. The van der Waals surface area contributed by atoms with Gasteiger partial charge in [-0.3, -0.25) is 0 Å². The molecule has 0 aliphatic heterocycles. The Morgan fingerprint density at radius 3 is 1.18 bits per heavy atom. The van der Waals surface area contributed by atoms with Crippen molar-refractivity contribution in [2.24, 2.45) is 0 Å². The third-order valence-electron chi connectivity index (χ3n) is 10.6. The van der Waals surface area contributed by atoms with E-state index in [1.54, 1.807) is 0 Å². The zero-order valence-electron chi connectivity index (χ0n) is 30.6. The van der Waals surface area contributed by atoms with E-state index in [2.05, 4.69) is 205 Å². The van der Waals surface area contributed by atoms with Gasteiger partial charge in [0.1, 0.15) is 0 Å². The predicted molar refractivity (Wildman–Crippen MR) is 247 cm³/mol. The molecule has 10 rings (SSSR count). The quantitative estimate of drug-likeness (QED) is 0.145. The fourth-order valence-electron chi connectivity index (χ4n) is 7.86. The average molecular weight is 753 g/mol. The minimum absolute atomic E-state index is 1.08. The molecule has 0 saturated heterocycles. The normalized spacial score (nSPS) is 11.4. The Kier molecular flexibility index (Phi) is 8.56. The second-order valence-corrected chi connectivity index (χ2v) is 16.0. The summed E-state index contributed by atoms with van der Waals surface area (Å²) in [7, 11) is 0. The van der Waals surface area contributed by atoms with Crippen LogP contribution in [0.1, 0.15) is 11.1 Å². The van der Waals surface area contributed by atoms with Gasteiger partial charge in [-0.05, 0) is 95.1 Å². The van der Waals surface area contributed by atoms with E-state index in [1.807, 2.05) is 34.8 Å². The van der Waals surface area contributed by atoms with Crippen LogP contribution < -0.4 is 9.80 Å². The van der Waals surface area contributed by atoms with Gasteiger partial charge in [-0.15, -0.1) is 22.7 Å². The van der Waals surface area contributed by atoms with Crippen molar-refractivity contribution in [2.75, 3.05) is 9.80 Å². The number of nitrogens with zero attached hydrogens (tertiary/aromatic N) is 2. The van der Waals surface area contributed by atoms with Crippen LogP contribution in [0.5, 0.6) is 0 Å². The SMILES string of the molecule is C=Cc1cccc(N(c2ccc(-c3ccc(N(c4cccc(C=C)c4)c4cccc5c4sc4ccccc45)cc3)cc2)c2cccc3c2sc2ccccc23)c1. The summed E-state index contributed by atoms with van der Waals surface area (Å²) in [6.07, 6.45) is 3.82. The zero-order chi connectivity index (χ0) is 37.6. The molecule has 56 heavy (non-hydrogen) atoms. The second-order valence-electron chi connectivity index (χ2n) is 13.9. The summed E-state index contributed by atoms with van der Waals surface area (Å²) < 4.78 is 5.13. The van der Waals surface area contributed by atoms with E-state index in [9.17, 15) is 0 Å². The van der Waals surface area contributed by atoms with Crippen molar-refractivity contribution in [3.05, 3.63) is 206 Å². The minimum atomic E-state index is 1.08. The summed E-state index contributed by atoms with van der Waals surface area (Å²) >= 11 is 3.70. The molecule has 0 N–H and O–H groups in total. The molecular weight excluding hydrogens is 717 g/mol. The summed E-state index contributed by atoms with van der Waals surface area (Å²) in [6.45, 7) is 8.12. The van der Waals surface area contributed by atoms with Gasteiger partial charge in [0.05, 0.1) is 20.8 Å². The first-order chi connectivity index (χ1) is 27.7. The molecule has 2 aromatic heterocycles. The van der Waals surface area contributed by atoms with Gasteiger partial charge in [0.2, 0.25) is 0 Å². The number of rotatable bonds is 9. The molecule has 0 amide bonds. The lowest BCUT2D eigenvalue weighted by atomic mass is 10.0. The number of benzene rings is 8. The average Bonchev–Trinajstić information content (AvgIpc) is 3.84. The Hall–Kier alpha value is -6.72. The summed E-state index contributed by atoms with van der Waals surface area (Å²) in [6, 6.07) is 65.8. The van der Waals surface area contributed by atoms with Crippen molar-refractivity contribution in [3.63, 3.8) is 0 Å². The van der Waals surface area contributed by atoms with Gasteiger partial charge in [0.15, 0.2) is 0 Å². The minimum Gasteiger partial charge on any atom is -0.309 e. The summed E-state index contributed by atoms with van der Waals surface area (Å²) in [5.41, 5.74) is 11.2. The lowest BCUT2D eigenvalue weighted by Crippen LogP contribution is -2.10. The van der Waals surface area contributed by atoms with E-state index in [-0.39, 0.29) is 0 Å². The van der Waals surface area contributed by atoms with Gasteiger partial charge in [-0.1, -0.05) is 135 Å². The molecule has 0 bridgehead atoms. The van der Waals surface area contributed by atoms with Gasteiger partial charge in [-0.25, -0.2) is 0 Å². The van der Waals surface area contributed by atoms with Crippen LogP contribution in [-0.4, -0.2) is 0 Å². The number of thiophene rings is 2. The van der Waals surface area contributed by atoms with Gasteiger partial charge in [0, 0.05) is 53.7 Å². The number of hydrogen-bond acceptors (Lipinski definition) is 4. The first-order valence-electron chi connectivity index (χ1n) is 18.7. The summed E-state index contributed by atoms with van der Waals surface area (Å²) in [4.78, 5) is 4.75. The molecule has 2 heterocycles. The highest BCUT2D eigenvalue weighted by molar-refractivity contribution is 7.26. The molecule has 10 aromatic rings. The Morgan fingerprint density at radius 1 is 0.357 bits per heavy atom. The van der Waals surface area contributed by atoms with Crippen molar-refractivity contribution in [2.45, 2.75) is 0 Å². The predicted octanol–water partition coefficient (Wildman–Crippen LogP) is 16.3. The molecule has 0 radical (unpaired) electrons. The summed E-state index contributed by atoms with van der Waals surface area (Å²) in [5.74, 6) is 0. The van der Waals surface area contributed by atoms with Crippen molar-refractivity contribution >= 4 is 109 Å². The van der Waals surface area contributed by atoms with Crippen molar-refractivity contribution in [3.8, 4) is 11.1 Å². The molecule has 0 saturated carbocycles. The van der Waals surface area contributed by atoms with E-state index in [1.165, 1.54) is 40.3 Å². The second kappa shape index (κ2) is 14.2. The van der Waals surface area contributed by atoms with Crippen LogP contribution in [0.15, 0.2) is 195 Å². The van der Waals surface area contributed by atoms with E-state index >= 15 is 0 Å². The van der Waals surface area contributed by atoms with Crippen LogP contribution in [0.25, 0.3) is 63.6 Å². The molecule has 266 valence electrons. The zero-order valence-corrected chi connectivity index (χ0v) is 32.2. The Bertz CT molecular complexity index is 2870. The van der Waals surface area contributed by atoms with Gasteiger partial charge in [0.25, 0.3) is 0 Å². The molecule has 0 aliphatic carbocycles. The molecule has 0 spiro atoms. The van der Waals surface area contributed by atoms with Crippen LogP contribution in [0.3, 0.4) is 0 Å². The molecule has 0 aliphatic rings. The number of fused-ring (bicyclic) bond motifs is 6. The highest BCUT2D eigenvalue weighted by Gasteiger charge is 2.20. The van der Waals surface area contributed by atoms with Crippen LogP contribution in [0, 0.1) is 0 Å². The first-order valence-corrected chi connectivity index (χ1v) is 20.4. The Morgan fingerprint density at radius 2 is 0.750 bits per heavy atom. The molecule has 0 fully saturated rings. The topological polar surface area (TPSA) is 6.48 Å². The maximum atomic E-state index is 4.06. The lowest BCUT2D eigenvalue weighted by Gasteiger charge is -2.27.